The zero-order chi connectivity index (χ0) is 6.12. The van der Waals surface area contributed by atoms with Crippen LogP contribution >= 0.6 is 0 Å². The van der Waals surface area contributed by atoms with Gasteiger partial charge in [0.05, 0.1) is 0 Å². The van der Waals surface area contributed by atoms with Crippen LogP contribution in [0.1, 0.15) is 26.7 Å². The van der Waals surface area contributed by atoms with E-state index >= 15 is 0 Å². The van der Waals surface area contributed by atoms with Crippen LogP contribution < -0.4 is 0 Å². The van der Waals surface area contributed by atoms with E-state index in [0.29, 0.717) is 0 Å². The van der Waals surface area contributed by atoms with Gasteiger partial charge in [-0.15, -0.1) is 0 Å². The molecular formula is C6H14OSg2-2. The smallest absolute Gasteiger partial charge is 0 e. The van der Waals surface area contributed by atoms with E-state index in [4.69, 9.17) is 5.11 Å². The molecular weight excluding hydrogens is 626 g/mol. The first-order valence-corrected chi connectivity index (χ1v) is 2.58. The summed E-state index contributed by atoms with van der Waals surface area (Å²) < 4.78 is 0. The largest absolute Gasteiger partial charge is 0.566 e. The fourth-order valence-corrected chi connectivity index (χ4v) is 0. The molecule has 0 unspecified atom stereocenters. The maximum Gasteiger partial charge on any atom is 0 e. The van der Waals surface area contributed by atoms with E-state index in [9.17, 15) is 0 Å². The van der Waals surface area contributed by atoms with Crippen molar-refractivity contribution < 1.29 is 5.11 Å². The number of hydrogen-bond acceptors (Lipinski definition) is 1. The van der Waals surface area contributed by atoms with E-state index in [1.54, 1.807) is 0 Å². The van der Waals surface area contributed by atoms with Gasteiger partial charge in [0.2, 0.25) is 0 Å². The van der Waals surface area contributed by atoms with E-state index in [0.717, 1.165) is 19.4 Å². The summed E-state index contributed by atoms with van der Waals surface area (Å²) >= 11 is 0. The summed E-state index contributed by atoms with van der Waals surface area (Å²) in [4.78, 5) is 0. The van der Waals surface area contributed by atoms with Crippen molar-refractivity contribution in [1.29, 1.82) is 0 Å². The molecule has 1 N–H and O–H groups in total. The van der Waals surface area contributed by atoms with Crippen LogP contribution in [-0.4, -0.2) is 5.11 Å². The SMILES string of the molecule is CC[CH-]O.[CH2-]CC.[Sg].[Sg]. The first kappa shape index (κ1) is 28.2. The molecule has 9 heavy (non-hydrogen) atoms. The van der Waals surface area contributed by atoms with Crippen molar-refractivity contribution in [3.8, 4) is 0 Å². The fourth-order valence-electron chi connectivity index (χ4n) is 0. The normalized spacial score (nSPS) is 5.33. The summed E-state index contributed by atoms with van der Waals surface area (Å²) in [5.41, 5.74) is 0. The molecule has 0 aliphatic heterocycles. The van der Waals surface area contributed by atoms with E-state index in [1.165, 1.54) is 0 Å². The maximum absolute atomic E-state index is 7.75. The van der Waals surface area contributed by atoms with Crippen LogP contribution in [0.2, 0.25) is 0 Å². The molecule has 0 fully saturated rings. The van der Waals surface area contributed by atoms with Crippen LogP contribution in [0.25, 0.3) is 0 Å². The third kappa shape index (κ3) is 86.4. The second kappa shape index (κ2) is 159. The molecule has 0 aromatic rings. The van der Waals surface area contributed by atoms with E-state index < -0.39 is 0 Å². The summed E-state index contributed by atoms with van der Waals surface area (Å²) in [5, 5.41) is 7.75. The molecule has 3 heteroatoms. The Morgan fingerprint density at radius 3 is 1.44 bits per heavy atom. The van der Waals surface area contributed by atoms with Crippen LogP contribution in [0.15, 0.2) is 0 Å². The molecule has 0 spiro atoms. The van der Waals surface area contributed by atoms with Gasteiger partial charge in [-0.2, -0.15) is 12.8 Å². The van der Waals surface area contributed by atoms with Crippen molar-refractivity contribution in [2.45, 2.75) is 26.7 Å². The van der Waals surface area contributed by atoms with E-state index in [1.807, 2.05) is 13.8 Å². The Hall–Kier alpha value is -2.04. The molecule has 0 radical (unpaired) electrons. The van der Waals surface area contributed by atoms with Crippen molar-refractivity contribution >= 4 is 0 Å². The van der Waals surface area contributed by atoms with Gasteiger partial charge >= 0.3 is 0 Å². The molecule has 50 valence electrons. The van der Waals surface area contributed by atoms with Gasteiger partial charge in [-0.05, 0) is 0 Å². The van der Waals surface area contributed by atoms with Crippen molar-refractivity contribution in [3.63, 3.8) is 0 Å². The number of aliphatic hydroxyl groups is 1. The molecule has 0 aromatic heterocycles. The monoisotopic (exact) mass is 644 g/mol. The third-order valence-electron chi connectivity index (χ3n) is 0.183. The molecule has 0 aliphatic rings. The van der Waals surface area contributed by atoms with Gasteiger partial charge in [-0.3, -0.25) is 0 Å². The predicted molar refractivity (Wildman–Crippen MR) is 32.2 cm³/mol. The Balaban J connectivity index is -0.0000000233. The topological polar surface area (TPSA) is 20.2 Å². The van der Waals surface area contributed by atoms with Crippen LogP contribution in [0.4, 0.5) is 0 Å². The zero-order valence-corrected chi connectivity index (χ0v) is 19.5. The molecule has 0 bridgehead atoms. The quantitative estimate of drug-likeness (QED) is 0.437. The number of hydrogen-bond donors (Lipinski definition) is 1. The molecule has 0 atom stereocenters. The Morgan fingerprint density at radius 2 is 1.44 bits per heavy atom. The first-order valence-electron chi connectivity index (χ1n) is 2.58. The summed E-state index contributed by atoms with van der Waals surface area (Å²) in [6, 6.07) is 0. The van der Waals surface area contributed by atoms with Gasteiger partial charge < -0.3 is 12.0 Å². The third-order valence-corrected chi connectivity index (χ3v) is 0.183. The van der Waals surface area contributed by atoms with Crippen molar-refractivity contribution in [2.75, 3.05) is 0 Å². The average Bonchev–Trinajstić information content (AvgIpc) is 1.69. The number of aliphatic hydroxyl groups excluding tert-OH is 1. The first-order chi connectivity index (χ1) is 3.33. The van der Waals surface area contributed by atoms with E-state index in [-0.39, 0.29) is 0 Å². The van der Waals surface area contributed by atoms with Crippen LogP contribution in [0.5, 0.6) is 0 Å². The van der Waals surface area contributed by atoms with Gasteiger partial charge in [0.15, 0.2) is 0 Å². The zero-order valence-electron chi connectivity index (χ0n) is 6.56. The predicted octanol–water partition coefficient (Wildman–Crippen LogP) is 2.16. The second-order valence-electron chi connectivity index (χ2n) is 1.09. The Labute approximate surface area is 46.4 Å². The van der Waals surface area contributed by atoms with Gasteiger partial charge in [-0.25, -0.2) is 6.61 Å². The second-order valence-corrected chi connectivity index (χ2v) is 1.09. The van der Waals surface area contributed by atoms with Crippen molar-refractivity contribution in [1.82, 2.24) is 0 Å². The van der Waals surface area contributed by atoms with E-state index in [2.05, 4.69) is 6.92 Å². The van der Waals surface area contributed by atoms with Crippen molar-refractivity contribution in [3.05, 3.63) is 13.5 Å². The van der Waals surface area contributed by atoms with Crippen molar-refractivity contribution in [2.24, 2.45) is 0 Å². The van der Waals surface area contributed by atoms with Gasteiger partial charge in [0.25, 0.3) is 0 Å². The fraction of sp³-hybridized carbons (Fsp3) is 0.667. The molecule has 0 amide bonds. The Morgan fingerprint density at radius 1 is 1.33 bits per heavy atom. The minimum Gasteiger partial charge on any atom is -0.566 e. The maximum atomic E-state index is 7.75. The Bertz CT molecular complexity index is 18.5. The average molecular weight is 640 g/mol. The standard InChI is InChI=1S/C3H7O.C3H7.2Sg/c1-2-3-4;1-3-2;;/h3-4H,2H2,1H3;1,3H2,2H3;;/q2*-1;;. The molecule has 1 nitrogen and oxygen atoms in total. The summed E-state index contributed by atoms with van der Waals surface area (Å²) in [7, 11) is 0. The van der Waals surface area contributed by atoms with Crippen LogP contribution in [0.3, 0.4) is 0 Å². The molecule has 0 rings (SSSR count). The molecule has 0 saturated heterocycles. The summed E-state index contributed by atoms with van der Waals surface area (Å²) in [6.45, 7) is 8.50. The van der Waals surface area contributed by atoms with Gasteiger partial charge in [-0.1, -0.05) is 13.8 Å². The molecule has 0 saturated carbocycles. The number of rotatable bonds is 1. The van der Waals surface area contributed by atoms with Gasteiger partial charge in [0, 0.05) is 0 Å². The van der Waals surface area contributed by atoms with Gasteiger partial charge in [0.1, 0.15) is 0 Å². The minimum absolute atomic E-state index is 0. The molecule has 0 aliphatic carbocycles. The summed E-state index contributed by atoms with van der Waals surface area (Å²) in [5.74, 6) is 0. The summed E-state index contributed by atoms with van der Waals surface area (Å²) in [6.07, 6.45) is 1.75. The minimum atomic E-state index is 0. The molecule has 0 heterocycles. The van der Waals surface area contributed by atoms with Crippen LogP contribution in [-0.2, 0) is 0 Å². The Kier molecular flexibility index (Phi) is 499. The molecule has 0 aromatic carbocycles. The van der Waals surface area contributed by atoms with Crippen LogP contribution in [0, 0.1) is 13.5 Å².